The van der Waals surface area contributed by atoms with Crippen molar-refractivity contribution in [2.75, 3.05) is 5.88 Å². The van der Waals surface area contributed by atoms with Gasteiger partial charge in [0, 0.05) is 0 Å². The summed E-state index contributed by atoms with van der Waals surface area (Å²) in [6, 6.07) is -1.39. The van der Waals surface area contributed by atoms with Gasteiger partial charge in [0.15, 0.2) is 0 Å². The molecule has 0 saturated heterocycles. The summed E-state index contributed by atoms with van der Waals surface area (Å²) in [6.45, 7) is 0. The van der Waals surface area contributed by atoms with Crippen molar-refractivity contribution >= 4 is 22.0 Å². The molecule has 1 unspecified atom stereocenters. The maximum absolute atomic E-state index is 10.8. The Morgan fingerprint density at radius 1 is 1.43 bits per heavy atom. The molecule has 0 radical (unpaired) electrons. The molecule has 0 aromatic rings. The van der Waals surface area contributed by atoms with Crippen LogP contribution in [0.5, 0.6) is 0 Å². The number of carbonyl (C=O) groups excluding carboxylic acids is 1. The molecule has 1 amide bonds. The van der Waals surface area contributed by atoms with Gasteiger partial charge in [0.1, 0.15) is 11.9 Å². The molecule has 8 nitrogen and oxygen atoms in total. The summed E-state index contributed by atoms with van der Waals surface area (Å²) in [5, 5.41) is 10.1. The molecular formula is C5H10N2O6S. The fourth-order valence-corrected chi connectivity index (χ4v) is 0.874. The summed E-state index contributed by atoms with van der Waals surface area (Å²) in [5.74, 6) is -3.19. The number of hydrogen-bond donors (Lipinski definition) is 4. The second-order valence-electron chi connectivity index (χ2n) is 2.48. The third-order valence-corrected chi connectivity index (χ3v) is 1.68. The van der Waals surface area contributed by atoms with Gasteiger partial charge < -0.3 is 16.2 Å². The summed E-state index contributed by atoms with van der Waals surface area (Å²) < 4.78 is 28.5. The number of nitrogens with two attached hydrogens (primary N) is 1. The minimum Gasteiger partial charge on any atom is -0.480 e. The van der Waals surface area contributed by atoms with E-state index in [0.717, 1.165) is 0 Å². The number of nitrogens with one attached hydrogen (secondary N) is 1. The Bertz CT molecular complexity index is 323. The van der Waals surface area contributed by atoms with Gasteiger partial charge in [0.05, 0.1) is 6.42 Å². The third-order valence-electron chi connectivity index (χ3n) is 1.17. The van der Waals surface area contributed by atoms with E-state index in [2.05, 4.69) is 0 Å². The van der Waals surface area contributed by atoms with Gasteiger partial charge in [0.25, 0.3) is 10.1 Å². The molecule has 82 valence electrons. The zero-order valence-electron chi connectivity index (χ0n) is 7.00. The number of carbonyl (C=O) groups is 2. The molecule has 0 aliphatic rings. The zero-order valence-corrected chi connectivity index (χ0v) is 7.82. The van der Waals surface area contributed by atoms with E-state index in [0.29, 0.717) is 0 Å². The molecule has 0 aliphatic carbocycles. The summed E-state index contributed by atoms with van der Waals surface area (Å²) >= 11 is 0. The minimum atomic E-state index is -4.30. The molecule has 9 heteroatoms. The van der Waals surface area contributed by atoms with Crippen LogP contribution in [-0.4, -0.2) is 41.9 Å². The quantitative estimate of drug-likeness (QED) is 0.387. The molecule has 0 bridgehead atoms. The molecule has 5 N–H and O–H groups in total. The fourth-order valence-electron chi connectivity index (χ4n) is 0.531. The first-order valence-electron chi connectivity index (χ1n) is 3.42. The zero-order chi connectivity index (χ0) is 11.4. The van der Waals surface area contributed by atoms with Crippen LogP contribution in [0.25, 0.3) is 0 Å². The Kier molecular flexibility index (Phi) is 4.47. The van der Waals surface area contributed by atoms with Gasteiger partial charge in [-0.05, 0) is 0 Å². The van der Waals surface area contributed by atoms with Crippen LogP contribution in [0.1, 0.15) is 6.42 Å². The Morgan fingerprint density at radius 2 is 1.93 bits per heavy atom. The lowest BCUT2D eigenvalue weighted by atomic mass is 10.2. The maximum atomic E-state index is 10.8. The molecule has 0 aromatic heterocycles. The normalized spacial score (nSPS) is 13.3. The van der Waals surface area contributed by atoms with Crippen molar-refractivity contribution in [3.05, 3.63) is 0 Å². The Labute approximate surface area is 79.8 Å². The summed E-state index contributed by atoms with van der Waals surface area (Å²) in [7, 11) is -4.30. The van der Waals surface area contributed by atoms with E-state index < -0.39 is 40.3 Å². The average molecular weight is 226 g/mol. The van der Waals surface area contributed by atoms with Gasteiger partial charge in [0.2, 0.25) is 5.91 Å². The van der Waals surface area contributed by atoms with Crippen molar-refractivity contribution in [1.29, 1.82) is 0 Å². The molecule has 0 saturated carbocycles. The highest BCUT2D eigenvalue weighted by Gasteiger charge is 2.17. The van der Waals surface area contributed by atoms with E-state index in [1.165, 1.54) is 0 Å². The Morgan fingerprint density at radius 3 is 2.29 bits per heavy atom. The molecule has 0 aliphatic heterocycles. The van der Waals surface area contributed by atoms with Crippen LogP contribution in [0.3, 0.4) is 0 Å². The van der Waals surface area contributed by atoms with Gasteiger partial charge in [-0.25, -0.2) is 0 Å². The second-order valence-corrected chi connectivity index (χ2v) is 3.93. The minimum absolute atomic E-state index is 0.551. The lowest BCUT2D eigenvalue weighted by Gasteiger charge is -2.05. The van der Waals surface area contributed by atoms with Gasteiger partial charge in [-0.2, -0.15) is 8.42 Å². The van der Waals surface area contributed by atoms with E-state index in [-0.39, 0.29) is 0 Å². The second kappa shape index (κ2) is 4.88. The molecule has 0 heterocycles. The molecule has 0 aromatic carbocycles. The van der Waals surface area contributed by atoms with E-state index >= 15 is 0 Å². The third kappa shape index (κ3) is 6.34. The van der Waals surface area contributed by atoms with Crippen LogP contribution < -0.4 is 11.1 Å². The Hall–Kier alpha value is -1.19. The van der Waals surface area contributed by atoms with Crippen LogP contribution in [0.4, 0.5) is 0 Å². The van der Waals surface area contributed by atoms with Crippen LogP contribution in [0.15, 0.2) is 0 Å². The summed E-state index contributed by atoms with van der Waals surface area (Å²) in [5.41, 5.74) is 4.98. The van der Waals surface area contributed by atoms with Gasteiger partial charge >= 0.3 is 5.97 Å². The van der Waals surface area contributed by atoms with Gasteiger partial charge in [-0.15, -0.1) is 0 Å². The monoisotopic (exact) mass is 226 g/mol. The topological polar surface area (TPSA) is 147 Å². The number of aliphatic carboxylic acids is 1. The first-order valence-corrected chi connectivity index (χ1v) is 5.03. The summed E-state index contributed by atoms with van der Waals surface area (Å²) in [6.07, 6.45) is -0.551. The van der Waals surface area contributed by atoms with E-state index in [1.807, 2.05) is 0 Å². The standard InChI is InChI=1S/C5H10N2O6S/c6-3(5(9)10)1-4(8)7-2-14(11,12)13/h3H,1-2,6H2,(H,7,8)(H,9,10)(H,11,12,13). The highest BCUT2D eigenvalue weighted by atomic mass is 32.2. The van der Waals surface area contributed by atoms with E-state index in [4.69, 9.17) is 15.4 Å². The molecule has 0 spiro atoms. The largest absolute Gasteiger partial charge is 0.480 e. The highest BCUT2D eigenvalue weighted by Crippen LogP contribution is 1.88. The lowest BCUT2D eigenvalue weighted by Crippen LogP contribution is -2.38. The predicted molar refractivity (Wildman–Crippen MR) is 44.8 cm³/mol. The van der Waals surface area contributed by atoms with Crippen molar-refractivity contribution in [2.45, 2.75) is 12.5 Å². The summed E-state index contributed by atoms with van der Waals surface area (Å²) in [4.78, 5) is 20.9. The van der Waals surface area contributed by atoms with Gasteiger partial charge in [-0.3, -0.25) is 14.1 Å². The SMILES string of the molecule is NC(CC(=O)NCS(=O)(=O)O)C(=O)O. The van der Waals surface area contributed by atoms with Crippen molar-refractivity contribution in [3.8, 4) is 0 Å². The van der Waals surface area contributed by atoms with E-state index in [9.17, 15) is 18.0 Å². The van der Waals surface area contributed by atoms with Crippen molar-refractivity contribution in [3.63, 3.8) is 0 Å². The maximum Gasteiger partial charge on any atom is 0.321 e. The van der Waals surface area contributed by atoms with Gasteiger partial charge in [-0.1, -0.05) is 0 Å². The van der Waals surface area contributed by atoms with Crippen molar-refractivity contribution < 1.29 is 27.7 Å². The number of carboxylic acids is 1. The molecule has 14 heavy (non-hydrogen) atoms. The van der Waals surface area contributed by atoms with Crippen LogP contribution in [0, 0.1) is 0 Å². The molecule has 0 rings (SSSR count). The first-order chi connectivity index (χ1) is 6.22. The smallest absolute Gasteiger partial charge is 0.321 e. The Balaban J connectivity index is 3.95. The number of hydrogen-bond acceptors (Lipinski definition) is 5. The van der Waals surface area contributed by atoms with Crippen molar-refractivity contribution in [1.82, 2.24) is 5.32 Å². The first kappa shape index (κ1) is 12.8. The predicted octanol–water partition coefficient (Wildman–Crippen LogP) is -2.25. The highest BCUT2D eigenvalue weighted by molar-refractivity contribution is 7.85. The number of carboxylic acid groups (broad SMARTS) is 1. The lowest BCUT2D eigenvalue weighted by molar-refractivity contribution is -0.140. The van der Waals surface area contributed by atoms with Crippen LogP contribution >= 0.6 is 0 Å². The van der Waals surface area contributed by atoms with Crippen LogP contribution in [-0.2, 0) is 19.7 Å². The molecular weight excluding hydrogens is 216 g/mol. The number of rotatable bonds is 5. The number of amides is 1. The molecule has 0 fully saturated rings. The van der Waals surface area contributed by atoms with Crippen molar-refractivity contribution in [2.24, 2.45) is 5.73 Å². The van der Waals surface area contributed by atoms with E-state index in [1.54, 1.807) is 5.32 Å². The van der Waals surface area contributed by atoms with Crippen LogP contribution in [0.2, 0.25) is 0 Å². The molecule has 1 atom stereocenters. The average Bonchev–Trinajstić information content (AvgIpc) is 1.99. The fraction of sp³-hybridized carbons (Fsp3) is 0.600.